The van der Waals surface area contributed by atoms with E-state index in [1.165, 1.54) is 109 Å². The standard InChI is InChI=1S/C14H20.C13H19N.C13H18.C12H17N/c1-14(2,3)13-9-8-11-6-4-5-7-12(11)10-13;1-13(2,3)11-7-6-10-5-4-8-14-12(10)9-11;1-13(2,3)12-8-7-10-5-4-6-11(10)9-12;1-12(2,3)10-5-4-9-6-7-13-11(9)8-10/h8-10H,4-7H2,1-3H3;6-7,9,14H,4-5,8H2,1-3H3;7-9H,4-6H2,1-3H3;4-5,8,13H,6-7H2,1-3H3. The van der Waals surface area contributed by atoms with Gasteiger partial charge in [0.1, 0.15) is 0 Å². The molecule has 0 amide bonds. The number of nitrogens with one attached hydrogen (secondary N) is 2. The van der Waals surface area contributed by atoms with Crippen molar-refractivity contribution in [3.8, 4) is 0 Å². The Labute approximate surface area is 331 Å². The van der Waals surface area contributed by atoms with Crippen molar-refractivity contribution in [2.75, 3.05) is 23.7 Å². The average Bonchev–Trinajstić information content (AvgIpc) is 3.80. The van der Waals surface area contributed by atoms with Gasteiger partial charge in [0, 0.05) is 24.5 Å². The molecule has 54 heavy (non-hydrogen) atoms. The van der Waals surface area contributed by atoms with Gasteiger partial charge in [0.25, 0.3) is 0 Å². The summed E-state index contributed by atoms with van der Waals surface area (Å²) < 4.78 is 0. The van der Waals surface area contributed by atoms with Crippen LogP contribution in [0.5, 0.6) is 0 Å². The van der Waals surface area contributed by atoms with E-state index in [0.717, 1.165) is 13.1 Å². The fraction of sp³-hybridized carbons (Fsp3) is 0.538. The first-order chi connectivity index (χ1) is 25.3. The average molecular weight is 727 g/mol. The summed E-state index contributed by atoms with van der Waals surface area (Å²) in [5.74, 6) is 0. The summed E-state index contributed by atoms with van der Waals surface area (Å²) in [6.07, 6.45) is 12.9. The minimum absolute atomic E-state index is 0.258. The second-order valence-electron chi connectivity index (χ2n) is 20.5. The molecule has 0 unspecified atom stereocenters. The van der Waals surface area contributed by atoms with Crippen molar-refractivity contribution in [2.45, 2.75) is 169 Å². The molecule has 2 heterocycles. The van der Waals surface area contributed by atoms with Crippen LogP contribution in [0, 0.1) is 0 Å². The molecule has 0 atom stereocenters. The van der Waals surface area contributed by atoms with E-state index in [1.807, 2.05) is 0 Å². The zero-order valence-electron chi connectivity index (χ0n) is 36.4. The van der Waals surface area contributed by atoms with Crippen molar-refractivity contribution in [3.63, 3.8) is 0 Å². The Kier molecular flexibility index (Phi) is 13.2. The molecule has 0 radical (unpaired) electrons. The Morgan fingerprint density at radius 1 is 0.315 bits per heavy atom. The zero-order chi connectivity index (χ0) is 39.3. The molecule has 0 fully saturated rings. The molecule has 0 spiro atoms. The molecule has 8 rings (SSSR count). The van der Waals surface area contributed by atoms with Crippen LogP contribution in [0.25, 0.3) is 0 Å². The fourth-order valence-corrected chi connectivity index (χ4v) is 7.92. The van der Waals surface area contributed by atoms with Crippen LogP contribution in [-0.4, -0.2) is 13.1 Å². The molecular weight excluding hydrogens is 653 g/mol. The van der Waals surface area contributed by atoms with Gasteiger partial charge in [-0.2, -0.15) is 0 Å². The Morgan fingerprint density at radius 3 is 1.11 bits per heavy atom. The number of benzene rings is 4. The van der Waals surface area contributed by atoms with Crippen LogP contribution in [0.3, 0.4) is 0 Å². The Hall–Kier alpha value is -3.52. The summed E-state index contributed by atoms with van der Waals surface area (Å²) in [4.78, 5) is 0. The van der Waals surface area contributed by atoms with Crippen molar-refractivity contribution >= 4 is 11.4 Å². The summed E-state index contributed by atoms with van der Waals surface area (Å²) in [7, 11) is 0. The monoisotopic (exact) mass is 727 g/mol. The minimum atomic E-state index is 0.258. The van der Waals surface area contributed by atoms with E-state index < -0.39 is 0 Å². The van der Waals surface area contributed by atoms with E-state index in [9.17, 15) is 0 Å². The highest BCUT2D eigenvalue weighted by atomic mass is 14.9. The predicted molar refractivity (Wildman–Crippen MR) is 238 cm³/mol. The highest BCUT2D eigenvalue weighted by molar-refractivity contribution is 5.58. The van der Waals surface area contributed by atoms with E-state index in [4.69, 9.17) is 0 Å². The third kappa shape index (κ3) is 11.3. The number of aryl methyl sites for hydroxylation is 5. The molecular formula is C52H74N2. The quantitative estimate of drug-likeness (QED) is 0.189. The highest BCUT2D eigenvalue weighted by Gasteiger charge is 2.20. The normalized spacial score (nSPS) is 15.9. The van der Waals surface area contributed by atoms with E-state index in [0.29, 0.717) is 10.8 Å². The van der Waals surface area contributed by atoms with Crippen LogP contribution in [-0.2, 0) is 60.2 Å². The Balaban J connectivity index is 0.000000139. The number of fused-ring (bicyclic) bond motifs is 4. The van der Waals surface area contributed by atoms with Crippen molar-refractivity contribution < 1.29 is 0 Å². The third-order valence-electron chi connectivity index (χ3n) is 11.8. The van der Waals surface area contributed by atoms with Gasteiger partial charge < -0.3 is 10.6 Å². The summed E-state index contributed by atoms with van der Waals surface area (Å²) in [6, 6.07) is 27.8. The van der Waals surface area contributed by atoms with Crippen LogP contribution < -0.4 is 10.6 Å². The Morgan fingerprint density at radius 2 is 0.648 bits per heavy atom. The Bertz CT molecular complexity index is 1710. The lowest BCUT2D eigenvalue weighted by atomic mass is 9.82. The summed E-state index contributed by atoms with van der Waals surface area (Å²) in [5.41, 5.74) is 18.9. The highest BCUT2D eigenvalue weighted by Crippen LogP contribution is 2.32. The smallest absolute Gasteiger partial charge is 0.0376 e. The van der Waals surface area contributed by atoms with E-state index in [2.05, 4.69) is 167 Å². The van der Waals surface area contributed by atoms with Gasteiger partial charge in [0.15, 0.2) is 0 Å². The van der Waals surface area contributed by atoms with Crippen molar-refractivity contribution in [2.24, 2.45) is 0 Å². The maximum atomic E-state index is 3.48. The summed E-state index contributed by atoms with van der Waals surface area (Å²) in [5, 5.41) is 6.89. The second-order valence-corrected chi connectivity index (χ2v) is 20.5. The van der Waals surface area contributed by atoms with Gasteiger partial charge in [-0.05, 0) is 154 Å². The maximum Gasteiger partial charge on any atom is 0.0376 e. The number of hydrogen-bond donors (Lipinski definition) is 2. The molecule has 292 valence electrons. The van der Waals surface area contributed by atoms with Crippen molar-refractivity contribution in [1.82, 2.24) is 0 Å². The number of hydrogen-bond acceptors (Lipinski definition) is 2. The number of rotatable bonds is 0. The van der Waals surface area contributed by atoms with E-state index >= 15 is 0 Å². The first-order valence-corrected chi connectivity index (χ1v) is 21.3. The van der Waals surface area contributed by atoms with Gasteiger partial charge in [-0.25, -0.2) is 0 Å². The molecule has 0 aromatic heterocycles. The lowest BCUT2D eigenvalue weighted by Crippen LogP contribution is -2.15. The summed E-state index contributed by atoms with van der Waals surface area (Å²) in [6.45, 7) is 29.5. The van der Waals surface area contributed by atoms with Crippen LogP contribution in [0.2, 0.25) is 0 Å². The minimum Gasteiger partial charge on any atom is -0.385 e. The van der Waals surface area contributed by atoms with Crippen LogP contribution >= 0.6 is 0 Å². The van der Waals surface area contributed by atoms with Gasteiger partial charge in [0.2, 0.25) is 0 Å². The molecule has 0 saturated heterocycles. The molecule has 4 aromatic rings. The second kappa shape index (κ2) is 17.1. The summed E-state index contributed by atoms with van der Waals surface area (Å²) >= 11 is 0. The fourth-order valence-electron chi connectivity index (χ4n) is 7.92. The topological polar surface area (TPSA) is 24.1 Å². The molecule has 2 aliphatic carbocycles. The van der Waals surface area contributed by atoms with E-state index in [-0.39, 0.29) is 10.8 Å². The van der Waals surface area contributed by atoms with Crippen molar-refractivity contribution in [3.05, 3.63) is 128 Å². The molecule has 0 bridgehead atoms. The van der Waals surface area contributed by atoms with Crippen LogP contribution in [0.15, 0.2) is 72.8 Å². The molecule has 2 aliphatic heterocycles. The largest absolute Gasteiger partial charge is 0.385 e. The van der Waals surface area contributed by atoms with Gasteiger partial charge in [-0.15, -0.1) is 0 Å². The molecule has 2 N–H and O–H groups in total. The van der Waals surface area contributed by atoms with Gasteiger partial charge in [0.05, 0.1) is 0 Å². The van der Waals surface area contributed by atoms with Gasteiger partial charge in [-0.1, -0.05) is 144 Å². The first-order valence-electron chi connectivity index (χ1n) is 21.3. The third-order valence-corrected chi connectivity index (χ3v) is 11.8. The number of anilines is 2. The first kappa shape index (κ1) is 41.6. The predicted octanol–water partition coefficient (Wildman–Crippen LogP) is 13.6. The molecule has 2 nitrogen and oxygen atoms in total. The van der Waals surface area contributed by atoms with Gasteiger partial charge >= 0.3 is 0 Å². The van der Waals surface area contributed by atoms with E-state index in [1.54, 1.807) is 22.3 Å². The van der Waals surface area contributed by atoms with Gasteiger partial charge in [-0.3, -0.25) is 0 Å². The lowest BCUT2D eigenvalue weighted by Gasteiger charge is -2.24. The van der Waals surface area contributed by atoms with Crippen molar-refractivity contribution in [1.29, 1.82) is 0 Å². The lowest BCUT2D eigenvalue weighted by molar-refractivity contribution is 0.586. The molecule has 0 saturated carbocycles. The molecule has 2 heteroatoms. The van der Waals surface area contributed by atoms with Crippen LogP contribution in [0.1, 0.15) is 164 Å². The SMILES string of the molecule is CC(C)(C)c1ccc2c(c1)CCC2.CC(C)(C)c1ccc2c(c1)CCCC2.CC(C)(C)c1ccc2c(c1)NCC2.CC(C)(C)c1ccc2c(c1)NCCC2. The molecule has 4 aliphatic rings. The zero-order valence-corrected chi connectivity index (χ0v) is 36.4. The maximum absolute atomic E-state index is 3.48. The van der Waals surface area contributed by atoms with Crippen LogP contribution in [0.4, 0.5) is 11.4 Å². The molecule has 4 aromatic carbocycles.